The lowest BCUT2D eigenvalue weighted by molar-refractivity contribution is 0.112. The Morgan fingerprint density at radius 2 is 2.15 bits per heavy atom. The van der Waals surface area contributed by atoms with Crippen LogP contribution < -0.4 is 10.5 Å². The summed E-state index contributed by atoms with van der Waals surface area (Å²) >= 11 is 6.03. The number of rotatable bonds is 3. The van der Waals surface area contributed by atoms with Gasteiger partial charge in [0.15, 0.2) is 0 Å². The molecule has 110 valence electrons. The molecule has 2 heterocycles. The fraction of sp³-hybridized carbons (Fsp3) is 0.625. The van der Waals surface area contributed by atoms with Crippen molar-refractivity contribution in [1.29, 1.82) is 0 Å². The third kappa shape index (κ3) is 3.11. The lowest BCUT2D eigenvalue weighted by Crippen LogP contribution is -2.43. The highest BCUT2D eigenvalue weighted by atomic mass is 35.5. The maximum absolute atomic E-state index is 6.03. The summed E-state index contributed by atoms with van der Waals surface area (Å²) in [6.07, 6.45) is 3.67. The smallest absolute Gasteiger partial charge is 0.123 e. The minimum atomic E-state index is 0.273. The Labute approximate surface area is 126 Å². The maximum Gasteiger partial charge on any atom is 0.123 e. The number of piperidine rings is 1. The summed E-state index contributed by atoms with van der Waals surface area (Å²) in [4.78, 5) is 2.51. The summed E-state index contributed by atoms with van der Waals surface area (Å²) in [6, 6.07) is 6.24. The molecule has 3 nitrogen and oxygen atoms in total. The average molecular weight is 295 g/mol. The highest BCUT2D eigenvalue weighted by molar-refractivity contribution is 6.30. The number of nitrogens with zero attached hydrogens (tertiary/aromatic N) is 1. The normalized spacial score (nSPS) is 25.2. The molecule has 2 unspecified atom stereocenters. The van der Waals surface area contributed by atoms with Crippen molar-refractivity contribution < 1.29 is 4.74 Å². The predicted molar refractivity (Wildman–Crippen MR) is 82.4 cm³/mol. The van der Waals surface area contributed by atoms with Crippen LogP contribution in [0.3, 0.4) is 0 Å². The van der Waals surface area contributed by atoms with Crippen LogP contribution in [-0.2, 0) is 6.42 Å². The van der Waals surface area contributed by atoms with Crippen molar-refractivity contribution in [3.05, 3.63) is 28.8 Å². The van der Waals surface area contributed by atoms with Crippen molar-refractivity contribution in [1.82, 2.24) is 4.90 Å². The van der Waals surface area contributed by atoms with Crippen molar-refractivity contribution in [2.45, 2.75) is 38.3 Å². The van der Waals surface area contributed by atoms with E-state index in [-0.39, 0.29) is 6.10 Å². The monoisotopic (exact) mass is 294 g/mol. The first-order valence-corrected chi connectivity index (χ1v) is 7.92. The van der Waals surface area contributed by atoms with Crippen LogP contribution in [-0.4, -0.2) is 36.7 Å². The zero-order valence-corrected chi connectivity index (χ0v) is 12.8. The van der Waals surface area contributed by atoms with Gasteiger partial charge in [-0.2, -0.15) is 0 Å². The number of ether oxygens (including phenoxy) is 1. The zero-order valence-electron chi connectivity index (χ0n) is 12.0. The van der Waals surface area contributed by atoms with Crippen molar-refractivity contribution in [2.24, 2.45) is 11.7 Å². The molecule has 0 bridgehead atoms. The van der Waals surface area contributed by atoms with Crippen LogP contribution >= 0.6 is 11.6 Å². The Hall–Kier alpha value is -0.770. The van der Waals surface area contributed by atoms with Gasteiger partial charge in [0.1, 0.15) is 11.9 Å². The summed E-state index contributed by atoms with van der Waals surface area (Å²) in [5, 5.41) is 0.797. The molecule has 1 saturated heterocycles. The summed E-state index contributed by atoms with van der Waals surface area (Å²) in [7, 11) is 0. The van der Waals surface area contributed by atoms with Gasteiger partial charge in [0.2, 0.25) is 0 Å². The van der Waals surface area contributed by atoms with E-state index in [4.69, 9.17) is 22.1 Å². The molecule has 2 aliphatic rings. The first-order chi connectivity index (χ1) is 9.61. The molecule has 2 atom stereocenters. The summed E-state index contributed by atoms with van der Waals surface area (Å²) in [5.74, 6) is 1.69. The average Bonchev–Trinajstić information content (AvgIpc) is 2.80. The van der Waals surface area contributed by atoms with Crippen molar-refractivity contribution in [2.75, 3.05) is 19.6 Å². The molecule has 20 heavy (non-hydrogen) atoms. The predicted octanol–water partition coefficient (Wildman–Crippen LogP) is 2.70. The van der Waals surface area contributed by atoms with Gasteiger partial charge >= 0.3 is 0 Å². The fourth-order valence-corrected chi connectivity index (χ4v) is 3.53. The van der Waals surface area contributed by atoms with Gasteiger partial charge in [0.05, 0.1) is 0 Å². The number of benzene rings is 1. The van der Waals surface area contributed by atoms with E-state index in [0.717, 1.165) is 36.8 Å². The van der Waals surface area contributed by atoms with Crippen molar-refractivity contribution in [3.63, 3.8) is 0 Å². The standard InChI is InChI=1S/C16H23ClN2O/c1-11(18)12-4-6-19(7-5-12)10-15-9-13-8-14(17)2-3-16(13)20-15/h2-3,8,11-12,15H,4-7,9-10,18H2,1H3. The number of hydrogen-bond acceptors (Lipinski definition) is 3. The Balaban J connectivity index is 1.52. The van der Waals surface area contributed by atoms with Crippen LogP contribution in [0.25, 0.3) is 0 Å². The maximum atomic E-state index is 6.03. The van der Waals surface area contributed by atoms with Crippen LogP contribution in [0.1, 0.15) is 25.3 Å². The molecule has 0 amide bonds. The Bertz CT molecular complexity index is 470. The molecule has 0 aliphatic carbocycles. The van der Waals surface area contributed by atoms with Crippen molar-refractivity contribution >= 4 is 11.6 Å². The number of nitrogens with two attached hydrogens (primary N) is 1. The zero-order chi connectivity index (χ0) is 14.1. The van der Waals surface area contributed by atoms with Crippen LogP contribution in [0.5, 0.6) is 5.75 Å². The number of hydrogen-bond donors (Lipinski definition) is 1. The second-order valence-corrected chi connectivity index (χ2v) is 6.63. The molecule has 0 radical (unpaired) electrons. The molecule has 1 aromatic carbocycles. The summed E-state index contributed by atoms with van der Waals surface area (Å²) in [6.45, 7) is 5.42. The van der Waals surface area contributed by atoms with Gasteiger partial charge in [-0.05, 0) is 62.5 Å². The number of likely N-dealkylation sites (tertiary alicyclic amines) is 1. The van der Waals surface area contributed by atoms with Crippen LogP contribution in [0.4, 0.5) is 0 Å². The molecule has 1 fully saturated rings. The van der Waals surface area contributed by atoms with Crippen LogP contribution in [0, 0.1) is 5.92 Å². The van der Waals surface area contributed by atoms with E-state index in [2.05, 4.69) is 11.8 Å². The SMILES string of the molecule is CC(N)C1CCN(CC2Cc3cc(Cl)ccc3O2)CC1. The lowest BCUT2D eigenvalue weighted by Gasteiger charge is -2.34. The second kappa shape index (κ2) is 5.92. The molecule has 0 saturated carbocycles. The lowest BCUT2D eigenvalue weighted by atomic mass is 9.91. The van der Waals surface area contributed by atoms with Crippen molar-refractivity contribution in [3.8, 4) is 5.75 Å². The van der Waals surface area contributed by atoms with Gasteiger partial charge in [-0.3, -0.25) is 4.90 Å². The third-order valence-corrected chi connectivity index (χ3v) is 4.84. The quantitative estimate of drug-likeness (QED) is 0.931. The molecule has 0 spiro atoms. The molecular weight excluding hydrogens is 272 g/mol. The van der Waals surface area contributed by atoms with Gasteiger partial charge < -0.3 is 10.5 Å². The summed E-state index contributed by atoms with van der Waals surface area (Å²) < 4.78 is 6.01. The van der Waals surface area contributed by atoms with E-state index >= 15 is 0 Å². The topological polar surface area (TPSA) is 38.5 Å². The van der Waals surface area contributed by atoms with E-state index in [1.54, 1.807) is 0 Å². The minimum Gasteiger partial charge on any atom is -0.488 e. The van der Waals surface area contributed by atoms with Gasteiger partial charge in [-0.25, -0.2) is 0 Å². The minimum absolute atomic E-state index is 0.273. The van der Waals surface area contributed by atoms with Gasteiger partial charge in [0, 0.05) is 24.0 Å². The Morgan fingerprint density at radius 1 is 1.40 bits per heavy atom. The van der Waals surface area contributed by atoms with Gasteiger partial charge in [0.25, 0.3) is 0 Å². The fourth-order valence-electron chi connectivity index (χ4n) is 3.34. The van der Waals surface area contributed by atoms with Gasteiger partial charge in [-0.1, -0.05) is 11.6 Å². The third-order valence-electron chi connectivity index (χ3n) is 4.60. The number of halogens is 1. The van der Waals surface area contributed by atoms with E-state index < -0.39 is 0 Å². The van der Waals surface area contributed by atoms with E-state index in [1.165, 1.54) is 18.4 Å². The molecule has 3 rings (SSSR count). The second-order valence-electron chi connectivity index (χ2n) is 6.19. The van der Waals surface area contributed by atoms with E-state index in [1.807, 2.05) is 18.2 Å². The first-order valence-electron chi connectivity index (χ1n) is 7.55. The highest BCUT2D eigenvalue weighted by Crippen LogP contribution is 2.31. The molecular formula is C16H23ClN2O. The van der Waals surface area contributed by atoms with Crippen LogP contribution in [0.15, 0.2) is 18.2 Å². The first kappa shape index (κ1) is 14.2. The largest absolute Gasteiger partial charge is 0.488 e. The molecule has 0 aromatic heterocycles. The molecule has 2 aliphatic heterocycles. The van der Waals surface area contributed by atoms with E-state index in [0.29, 0.717) is 12.0 Å². The van der Waals surface area contributed by atoms with Crippen LogP contribution in [0.2, 0.25) is 5.02 Å². The Morgan fingerprint density at radius 3 is 2.85 bits per heavy atom. The van der Waals surface area contributed by atoms with E-state index in [9.17, 15) is 0 Å². The summed E-state index contributed by atoms with van der Waals surface area (Å²) in [5.41, 5.74) is 7.24. The molecule has 4 heteroatoms. The molecule has 1 aromatic rings. The molecule has 2 N–H and O–H groups in total. The Kier molecular flexibility index (Phi) is 4.20. The highest BCUT2D eigenvalue weighted by Gasteiger charge is 2.28. The van der Waals surface area contributed by atoms with Gasteiger partial charge in [-0.15, -0.1) is 0 Å². The number of fused-ring (bicyclic) bond motifs is 1.